The lowest BCUT2D eigenvalue weighted by molar-refractivity contribution is -0.0566. The first kappa shape index (κ1) is 96.5. The highest BCUT2D eigenvalue weighted by Gasteiger charge is 2.38. The standard InChI is InChI=1S/C31H28F2N6O.C30H26F2N6O.C29H26N6O.C25H20N6O/c1-20-3-2-4-23(13-20)27-8-6-25(18-35-27)36-30(40)29-26-15-22(5-7-28(26)37-38-29)24-14-21(16-34-17-24)19-39-11-9-31(32,33)10-12-39;1-19-3-2-4-22(11-19)26-8-6-24(16-34-26)35-29(39)28-25-13-21(5-7-27(25)36-37-28)23-12-20(14-33-15-23)17-38-10-9-30(31,32)18-38;1-19-5-4-6-21(13-19)26-10-8-23(17-31-26)32-29(36)28-25-15-20(7-9-27(25)33-34-28)22-14-24(18-30-16-22)35-11-2-3-12-35;1-15-3-2-4-17(9-15)22-8-6-20(14-28-22)29-25(32)24-21-11-16(5-7-23(21)30-31-24)18-10-19(26)13-27-12-18/h2-8,13-18H,9-12,19H2,1H3,(H,36,40)(H,37,38);2-8,11-16H,9-10,17-18H2,1H3,(H,35,39)(H,36,37);4-10,13-18H,2-3,11-12H2,1H3,(H,32,36)(H,33,34);2-14H,26H2,1H3,(H,29,32)(H,30,31). The van der Waals surface area contributed by atoms with Gasteiger partial charge in [-0.3, -0.25) is 89.2 Å². The van der Waals surface area contributed by atoms with Gasteiger partial charge in [-0.15, -0.1) is 0 Å². The Morgan fingerprint density at radius 3 is 0.946 bits per heavy atom. The molecule has 3 aliphatic rings. The molecule has 32 heteroatoms. The van der Waals surface area contributed by atoms with E-state index < -0.39 is 11.8 Å². The third-order valence-electron chi connectivity index (χ3n) is 26.0. The summed E-state index contributed by atoms with van der Waals surface area (Å²) < 4.78 is 54.3. The second-order valence-electron chi connectivity index (χ2n) is 37.1. The molecule has 0 bridgehead atoms. The number of hydrogen-bond acceptors (Lipinski definition) is 20. The Kier molecular flexibility index (Phi) is 28.0. The zero-order chi connectivity index (χ0) is 101. The highest BCUT2D eigenvalue weighted by atomic mass is 19.3. The summed E-state index contributed by atoms with van der Waals surface area (Å²) in [6.07, 6.45) is 22.7. The average molecular weight is 1960 g/mol. The van der Waals surface area contributed by atoms with Crippen LogP contribution in [-0.4, -0.2) is 165 Å². The Bertz CT molecular complexity index is 8240. The molecule has 15 heterocycles. The monoisotopic (exact) mass is 1960 g/mol. The Morgan fingerprint density at radius 1 is 0.313 bits per heavy atom. The minimum atomic E-state index is -2.63. The number of nitrogens with one attached hydrogen (secondary N) is 8. The molecule has 3 fully saturated rings. The molecular weight excluding hydrogens is 1860 g/mol. The molecule has 147 heavy (non-hydrogen) atoms. The molecule has 0 radical (unpaired) electrons. The summed E-state index contributed by atoms with van der Waals surface area (Å²) in [6.45, 7) is 12.1. The molecule has 20 aromatic rings. The van der Waals surface area contributed by atoms with Gasteiger partial charge in [-0.05, 0) is 220 Å². The van der Waals surface area contributed by atoms with Gasteiger partial charge in [0.15, 0.2) is 22.8 Å². The highest BCUT2D eigenvalue weighted by molar-refractivity contribution is 6.15. The van der Waals surface area contributed by atoms with E-state index in [1.54, 1.807) is 66.9 Å². The second kappa shape index (κ2) is 42.6. The van der Waals surface area contributed by atoms with Crippen molar-refractivity contribution in [1.29, 1.82) is 0 Å². The number of nitrogens with zero attached hydrogens (tertiary/aromatic N) is 15. The van der Waals surface area contributed by atoms with Crippen molar-refractivity contribution in [1.82, 2.24) is 90.5 Å². The molecule has 8 aromatic carbocycles. The molecule has 0 atom stereocenters. The molecule has 4 amide bonds. The molecule has 0 aliphatic carbocycles. The third kappa shape index (κ3) is 23.2. The Labute approximate surface area is 842 Å². The number of nitrogen functional groups attached to an aromatic ring is 1. The van der Waals surface area contributed by atoms with E-state index in [2.05, 4.69) is 150 Å². The van der Waals surface area contributed by atoms with E-state index in [-0.39, 0.29) is 60.8 Å². The number of rotatable bonds is 21. The smallest absolute Gasteiger partial charge is 0.276 e. The largest absolute Gasteiger partial charge is 0.397 e. The Morgan fingerprint density at radius 2 is 0.626 bits per heavy atom. The predicted octanol–water partition coefficient (Wildman–Crippen LogP) is 23.2. The van der Waals surface area contributed by atoms with Gasteiger partial charge in [-0.25, -0.2) is 17.6 Å². The van der Waals surface area contributed by atoms with Crippen molar-refractivity contribution in [3.8, 4) is 89.5 Å². The van der Waals surface area contributed by atoms with Crippen LogP contribution in [0.1, 0.15) is 107 Å². The first-order chi connectivity index (χ1) is 71.4. The number of H-pyrrole nitrogens is 4. The van der Waals surface area contributed by atoms with Crippen LogP contribution in [0.5, 0.6) is 0 Å². The van der Waals surface area contributed by atoms with Gasteiger partial charge in [-0.1, -0.05) is 119 Å². The first-order valence-corrected chi connectivity index (χ1v) is 48.2. The number of alkyl halides is 4. The van der Waals surface area contributed by atoms with E-state index in [0.717, 1.165) is 158 Å². The molecule has 0 spiro atoms. The first-order valence-electron chi connectivity index (χ1n) is 48.2. The van der Waals surface area contributed by atoms with E-state index >= 15 is 0 Å². The van der Waals surface area contributed by atoms with E-state index in [1.807, 2.05) is 244 Å². The number of piperidine rings is 1. The molecule has 12 aromatic heterocycles. The van der Waals surface area contributed by atoms with Crippen LogP contribution in [0.15, 0.2) is 317 Å². The zero-order valence-electron chi connectivity index (χ0n) is 80.6. The van der Waals surface area contributed by atoms with Crippen molar-refractivity contribution in [3.63, 3.8) is 0 Å². The number of aromatic amines is 4. The average Bonchev–Trinajstić information content (AvgIpc) is 1.66. The lowest BCUT2D eigenvalue weighted by atomic mass is 10.0. The van der Waals surface area contributed by atoms with Crippen LogP contribution < -0.4 is 31.9 Å². The minimum absolute atomic E-state index is 0.116. The van der Waals surface area contributed by atoms with Gasteiger partial charge in [-0.2, -0.15) is 20.4 Å². The van der Waals surface area contributed by atoms with Gasteiger partial charge >= 0.3 is 0 Å². The van der Waals surface area contributed by atoms with E-state index in [4.69, 9.17) is 5.73 Å². The van der Waals surface area contributed by atoms with Crippen LogP contribution in [0.3, 0.4) is 0 Å². The van der Waals surface area contributed by atoms with Crippen molar-refractivity contribution >= 4 is 101 Å². The van der Waals surface area contributed by atoms with Gasteiger partial charge in [0.25, 0.3) is 35.5 Å². The van der Waals surface area contributed by atoms with Crippen LogP contribution in [0, 0.1) is 27.7 Å². The number of carbonyl (C=O) groups excluding carboxylic acids is 4. The minimum Gasteiger partial charge on any atom is -0.397 e. The van der Waals surface area contributed by atoms with Crippen LogP contribution >= 0.6 is 0 Å². The van der Waals surface area contributed by atoms with Gasteiger partial charge in [0.2, 0.25) is 0 Å². The molecule has 732 valence electrons. The fourth-order valence-electron chi connectivity index (χ4n) is 18.3. The molecule has 0 unspecified atom stereocenters. The quantitative estimate of drug-likeness (QED) is 0.0302. The van der Waals surface area contributed by atoms with Gasteiger partial charge < -0.3 is 31.9 Å². The van der Waals surface area contributed by atoms with E-state index in [0.29, 0.717) is 88.7 Å². The highest BCUT2D eigenvalue weighted by Crippen LogP contribution is 2.38. The zero-order valence-corrected chi connectivity index (χ0v) is 80.6. The van der Waals surface area contributed by atoms with Gasteiger partial charge in [0.05, 0.1) is 116 Å². The lowest BCUT2D eigenvalue weighted by Crippen LogP contribution is -2.38. The number of anilines is 6. The van der Waals surface area contributed by atoms with Crippen molar-refractivity contribution in [2.24, 2.45) is 0 Å². The third-order valence-corrected chi connectivity index (χ3v) is 26.0. The Hall–Kier alpha value is -18.0. The number of benzene rings is 8. The normalized spacial score (nSPS) is 13.8. The van der Waals surface area contributed by atoms with Gasteiger partial charge in [0, 0.05) is 175 Å². The number of likely N-dealkylation sites (tertiary alicyclic amines) is 2. The van der Waals surface area contributed by atoms with Crippen LogP contribution in [-0.2, 0) is 13.1 Å². The molecule has 3 aliphatic heterocycles. The molecule has 3 saturated heterocycles. The number of halogens is 4. The lowest BCUT2D eigenvalue weighted by Gasteiger charge is -2.31. The summed E-state index contributed by atoms with van der Waals surface area (Å²) in [4.78, 5) is 93.8. The fraction of sp³-hybridized carbons (Fsp3) is 0.165. The second-order valence-corrected chi connectivity index (χ2v) is 37.1. The maximum atomic E-state index is 13.6. The molecule has 10 N–H and O–H groups in total. The molecule has 0 saturated carbocycles. The van der Waals surface area contributed by atoms with Crippen LogP contribution in [0.25, 0.3) is 133 Å². The maximum Gasteiger partial charge on any atom is 0.276 e. The number of aromatic nitrogens is 16. The fourth-order valence-corrected chi connectivity index (χ4v) is 18.3. The number of hydrogen-bond donors (Lipinski definition) is 9. The molecular formula is C115H100F4N24O4. The van der Waals surface area contributed by atoms with Crippen LogP contribution in [0.4, 0.5) is 51.7 Å². The molecule has 23 rings (SSSR count). The van der Waals surface area contributed by atoms with Crippen molar-refractivity contribution in [2.75, 3.05) is 71.2 Å². The number of amides is 4. The topological polar surface area (TPSA) is 370 Å². The summed E-state index contributed by atoms with van der Waals surface area (Å²) >= 11 is 0. The summed E-state index contributed by atoms with van der Waals surface area (Å²) in [5, 5.41) is 43.2. The number of nitrogens with two attached hydrogens (primary N) is 1. The van der Waals surface area contributed by atoms with E-state index in [1.165, 1.54) is 24.0 Å². The maximum absolute atomic E-state index is 13.6. The number of fused-ring (bicyclic) bond motifs is 4. The SMILES string of the molecule is Cc1cccc(-c2ccc(NC(=O)c3n[nH]c4ccc(-c5cncc(CN6CCC(F)(F)C6)c5)cc34)cn2)c1.Cc1cccc(-c2ccc(NC(=O)c3n[nH]c4ccc(-c5cncc(CN6CCC(F)(F)CC6)c5)cc34)cn2)c1.Cc1cccc(-c2ccc(NC(=O)c3n[nH]c4ccc(-c5cncc(N)c5)cc34)cn2)c1.Cc1cccc(-c2ccc(NC(=O)c3n[nH]c4ccc(-c5cncc(N6CCCC6)c5)cc34)cn2)c1. The summed E-state index contributed by atoms with van der Waals surface area (Å²) in [7, 11) is 0. The number of aryl methyl sites for hydroxylation is 4. The van der Waals surface area contributed by atoms with Crippen molar-refractivity contribution in [2.45, 2.75) is 84.7 Å². The summed E-state index contributed by atoms with van der Waals surface area (Å²) in [5.41, 5.74) is 35.3. The van der Waals surface area contributed by atoms with Crippen LogP contribution in [0.2, 0.25) is 0 Å². The Balaban J connectivity index is 0.000000119. The summed E-state index contributed by atoms with van der Waals surface area (Å²) in [6, 6.07) is 78.4. The predicted molar refractivity (Wildman–Crippen MR) is 567 cm³/mol. The summed E-state index contributed by atoms with van der Waals surface area (Å²) in [5.74, 6) is -6.50. The number of pyridine rings is 8. The van der Waals surface area contributed by atoms with Gasteiger partial charge in [0.1, 0.15) is 0 Å². The number of carbonyl (C=O) groups is 4. The van der Waals surface area contributed by atoms with E-state index in [9.17, 15) is 36.7 Å². The molecule has 28 nitrogen and oxygen atoms in total. The van der Waals surface area contributed by atoms with Crippen molar-refractivity contribution < 1.29 is 36.7 Å². The van der Waals surface area contributed by atoms with Crippen molar-refractivity contribution in [3.05, 3.63) is 373 Å².